The Hall–Kier alpha value is -2.15. The minimum atomic E-state index is -2.84. The van der Waals surface area contributed by atoms with Crippen molar-refractivity contribution in [2.24, 2.45) is 0 Å². The van der Waals surface area contributed by atoms with E-state index in [4.69, 9.17) is 0 Å². The fraction of sp³-hybridized carbons (Fsp3) is 0.308. The van der Waals surface area contributed by atoms with Crippen LogP contribution in [0.4, 0.5) is 8.78 Å². The van der Waals surface area contributed by atoms with Crippen molar-refractivity contribution >= 4 is 0 Å². The van der Waals surface area contributed by atoms with Crippen LogP contribution in [0.25, 0.3) is 0 Å². The van der Waals surface area contributed by atoms with Gasteiger partial charge in [0, 0.05) is 18.9 Å². The molecule has 2 aromatic rings. The Morgan fingerprint density at radius 3 is 2.55 bits per heavy atom. The summed E-state index contributed by atoms with van der Waals surface area (Å²) in [5.41, 5.74) is 0.717. The fourth-order valence-electron chi connectivity index (χ4n) is 1.57. The Kier molecular flexibility index (Phi) is 4.89. The van der Waals surface area contributed by atoms with Crippen LogP contribution < -0.4 is 10.1 Å². The summed E-state index contributed by atoms with van der Waals surface area (Å²) >= 11 is 0. The van der Waals surface area contributed by atoms with Crippen molar-refractivity contribution in [1.29, 1.82) is 0 Å². The zero-order valence-corrected chi connectivity index (χ0v) is 10.8. The van der Waals surface area contributed by atoms with Crippen LogP contribution in [-0.2, 0) is 6.54 Å². The molecular weight excluding hydrogens is 266 g/mol. The van der Waals surface area contributed by atoms with E-state index in [0.717, 1.165) is 5.69 Å². The van der Waals surface area contributed by atoms with Gasteiger partial charge in [-0.25, -0.2) is 9.97 Å². The van der Waals surface area contributed by atoms with Crippen molar-refractivity contribution in [3.05, 3.63) is 48.3 Å². The van der Waals surface area contributed by atoms with Gasteiger partial charge in [-0.2, -0.15) is 8.78 Å². The molecule has 0 aromatic carbocycles. The van der Waals surface area contributed by atoms with Gasteiger partial charge in [0.2, 0.25) is 0 Å². The van der Waals surface area contributed by atoms with E-state index < -0.39 is 6.61 Å². The average Bonchev–Trinajstić information content (AvgIpc) is 2.46. The van der Waals surface area contributed by atoms with E-state index >= 15 is 0 Å². The maximum absolute atomic E-state index is 12.0. The van der Waals surface area contributed by atoms with E-state index in [0.29, 0.717) is 12.4 Å². The highest BCUT2D eigenvalue weighted by molar-refractivity contribution is 5.19. The molecule has 0 saturated carbocycles. The summed E-state index contributed by atoms with van der Waals surface area (Å²) in [7, 11) is 0. The van der Waals surface area contributed by atoms with Crippen LogP contribution in [0.1, 0.15) is 24.5 Å². The van der Waals surface area contributed by atoms with Crippen LogP contribution in [0.5, 0.6) is 5.75 Å². The molecule has 0 saturated heterocycles. The number of hydrogen-bond donors (Lipinski definition) is 1. The number of nitrogens with one attached hydrogen (secondary N) is 1. The van der Waals surface area contributed by atoms with Crippen LogP contribution in [-0.4, -0.2) is 21.6 Å². The van der Waals surface area contributed by atoms with E-state index in [1.165, 1.54) is 12.3 Å². The summed E-state index contributed by atoms with van der Waals surface area (Å²) in [5.74, 6) is 0.730. The van der Waals surface area contributed by atoms with Gasteiger partial charge >= 0.3 is 6.61 Å². The molecule has 0 aliphatic carbocycles. The minimum Gasteiger partial charge on any atom is -0.433 e. The normalized spacial score (nSPS) is 12.4. The molecule has 1 unspecified atom stereocenters. The highest BCUT2D eigenvalue weighted by atomic mass is 19.3. The lowest BCUT2D eigenvalue weighted by Crippen LogP contribution is -2.20. The van der Waals surface area contributed by atoms with Crippen LogP contribution >= 0.6 is 0 Å². The van der Waals surface area contributed by atoms with Crippen molar-refractivity contribution in [2.45, 2.75) is 26.1 Å². The summed E-state index contributed by atoms with van der Waals surface area (Å²) in [6.45, 7) is -0.422. The molecule has 0 aliphatic heterocycles. The first-order valence-corrected chi connectivity index (χ1v) is 6.05. The molecule has 0 spiro atoms. The zero-order valence-electron chi connectivity index (χ0n) is 10.8. The third kappa shape index (κ3) is 4.20. The van der Waals surface area contributed by atoms with Gasteiger partial charge in [-0.05, 0) is 25.1 Å². The Balaban J connectivity index is 1.88. The molecule has 7 heteroatoms. The highest BCUT2D eigenvalue weighted by Gasteiger charge is 2.08. The second kappa shape index (κ2) is 6.85. The summed E-state index contributed by atoms with van der Waals surface area (Å²) in [6.07, 6.45) is 4.62. The van der Waals surface area contributed by atoms with E-state index in [2.05, 4.69) is 25.0 Å². The van der Waals surface area contributed by atoms with E-state index in [-0.39, 0.29) is 11.8 Å². The number of hydrogen-bond acceptors (Lipinski definition) is 5. The van der Waals surface area contributed by atoms with Crippen molar-refractivity contribution in [3.63, 3.8) is 0 Å². The molecule has 0 radical (unpaired) electrons. The number of aromatic nitrogens is 3. The van der Waals surface area contributed by atoms with Crippen molar-refractivity contribution in [2.75, 3.05) is 0 Å². The second-order valence-corrected chi connectivity index (χ2v) is 4.07. The van der Waals surface area contributed by atoms with Gasteiger partial charge in [-0.1, -0.05) is 0 Å². The topological polar surface area (TPSA) is 59.9 Å². The van der Waals surface area contributed by atoms with Gasteiger partial charge in [0.1, 0.15) is 11.6 Å². The molecule has 2 rings (SSSR count). The molecule has 2 aromatic heterocycles. The number of nitrogens with zero attached hydrogens (tertiary/aromatic N) is 3. The largest absolute Gasteiger partial charge is 0.433 e. The smallest absolute Gasteiger partial charge is 0.387 e. The lowest BCUT2D eigenvalue weighted by atomic mass is 10.3. The molecule has 0 aliphatic rings. The number of ether oxygens (including phenoxy) is 1. The quantitative estimate of drug-likeness (QED) is 0.880. The molecular formula is C13H14F2N4O. The van der Waals surface area contributed by atoms with E-state index in [1.54, 1.807) is 24.5 Å². The minimum absolute atomic E-state index is 0.0324. The number of halogens is 2. The molecule has 2 heterocycles. The number of alkyl halides is 2. The van der Waals surface area contributed by atoms with Gasteiger partial charge in [0.05, 0.1) is 17.9 Å². The molecule has 1 N–H and O–H groups in total. The molecule has 0 amide bonds. The van der Waals surface area contributed by atoms with Crippen LogP contribution in [0.3, 0.4) is 0 Å². The number of rotatable bonds is 6. The van der Waals surface area contributed by atoms with E-state index in [1.807, 2.05) is 6.92 Å². The first kappa shape index (κ1) is 14.3. The summed E-state index contributed by atoms with van der Waals surface area (Å²) in [6, 6.07) is 4.80. The molecule has 106 valence electrons. The predicted octanol–water partition coefficient (Wildman–Crippen LogP) is 2.32. The molecule has 5 nitrogen and oxygen atoms in total. The fourth-order valence-corrected chi connectivity index (χ4v) is 1.57. The summed E-state index contributed by atoms with van der Waals surface area (Å²) in [4.78, 5) is 12.3. The van der Waals surface area contributed by atoms with Crippen LogP contribution in [0, 0.1) is 0 Å². The third-order valence-electron chi connectivity index (χ3n) is 2.59. The van der Waals surface area contributed by atoms with Crippen LogP contribution in [0.15, 0.2) is 36.8 Å². The highest BCUT2D eigenvalue weighted by Crippen LogP contribution is 2.13. The lowest BCUT2D eigenvalue weighted by Gasteiger charge is -2.12. The van der Waals surface area contributed by atoms with Gasteiger partial charge in [-0.3, -0.25) is 4.98 Å². The maximum atomic E-state index is 12.0. The van der Waals surface area contributed by atoms with Crippen molar-refractivity contribution < 1.29 is 13.5 Å². The Bertz CT molecular complexity index is 522. The van der Waals surface area contributed by atoms with Crippen LogP contribution in [0.2, 0.25) is 0 Å². The summed E-state index contributed by atoms with van der Waals surface area (Å²) in [5, 5.41) is 3.20. The first-order chi connectivity index (χ1) is 9.65. The van der Waals surface area contributed by atoms with Crippen molar-refractivity contribution in [3.8, 4) is 5.75 Å². The molecule has 0 fully saturated rings. The average molecular weight is 280 g/mol. The molecule has 0 bridgehead atoms. The first-order valence-electron chi connectivity index (χ1n) is 6.05. The zero-order chi connectivity index (χ0) is 14.4. The van der Waals surface area contributed by atoms with Gasteiger partial charge in [-0.15, -0.1) is 0 Å². The Morgan fingerprint density at radius 1 is 1.20 bits per heavy atom. The second-order valence-electron chi connectivity index (χ2n) is 4.07. The number of pyridine rings is 1. The Labute approximate surface area is 115 Å². The monoisotopic (exact) mass is 280 g/mol. The predicted molar refractivity (Wildman–Crippen MR) is 68.2 cm³/mol. The van der Waals surface area contributed by atoms with Gasteiger partial charge < -0.3 is 10.1 Å². The lowest BCUT2D eigenvalue weighted by molar-refractivity contribution is -0.0500. The van der Waals surface area contributed by atoms with Gasteiger partial charge in [0.15, 0.2) is 0 Å². The molecule has 20 heavy (non-hydrogen) atoms. The Morgan fingerprint density at radius 2 is 1.95 bits per heavy atom. The SMILES string of the molecule is CC(NCc1ccc(OC(F)F)cn1)c1ncccn1. The van der Waals surface area contributed by atoms with Crippen molar-refractivity contribution in [1.82, 2.24) is 20.3 Å². The molecule has 1 atom stereocenters. The standard InChI is InChI=1S/C13H14F2N4O/c1-9(12-16-5-2-6-17-12)18-7-10-3-4-11(8-19-10)20-13(14)15/h2-6,8-9,13,18H,7H2,1H3. The van der Waals surface area contributed by atoms with Gasteiger partial charge in [0.25, 0.3) is 0 Å². The summed E-state index contributed by atoms with van der Waals surface area (Å²) < 4.78 is 28.2. The van der Waals surface area contributed by atoms with E-state index in [9.17, 15) is 8.78 Å². The maximum Gasteiger partial charge on any atom is 0.387 e. The third-order valence-corrected chi connectivity index (χ3v) is 2.59.